The third-order valence-corrected chi connectivity index (χ3v) is 3.90. The molecule has 0 radical (unpaired) electrons. The highest BCUT2D eigenvalue weighted by Crippen LogP contribution is 2.21. The minimum atomic E-state index is -0.555. The Kier molecular flexibility index (Phi) is 5.76. The summed E-state index contributed by atoms with van der Waals surface area (Å²) in [5, 5.41) is 2.71. The molecule has 0 saturated heterocycles. The van der Waals surface area contributed by atoms with Crippen LogP contribution in [0.5, 0.6) is 0 Å². The monoisotopic (exact) mass is 369 g/mol. The average Bonchev–Trinajstić information content (AvgIpc) is 2.45. The van der Waals surface area contributed by atoms with Gasteiger partial charge in [-0.3, -0.25) is 4.79 Å². The van der Waals surface area contributed by atoms with Crippen LogP contribution in [0.1, 0.15) is 22.3 Å². The number of hydrogen-bond acceptors (Lipinski definition) is 1. The van der Waals surface area contributed by atoms with Crippen molar-refractivity contribution in [2.45, 2.75) is 12.8 Å². The zero-order valence-corrected chi connectivity index (χ0v) is 13.5. The molecule has 0 bridgehead atoms. The van der Waals surface area contributed by atoms with E-state index in [0.29, 0.717) is 16.0 Å². The molecule has 110 valence electrons. The Morgan fingerprint density at radius 2 is 2.00 bits per heavy atom. The van der Waals surface area contributed by atoms with Crippen LogP contribution >= 0.6 is 27.5 Å². The zero-order chi connectivity index (χ0) is 15.2. The van der Waals surface area contributed by atoms with Gasteiger partial charge in [-0.2, -0.15) is 0 Å². The minimum Gasteiger partial charge on any atom is -0.322 e. The summed E-state index contributed by atoms with van der Waals surface area (Å²) >= 11 is 8.87. The Morgan fingerprint density at radius 1 is 1.24 bits per heavy atom. The van der Waals surface area contributed by atoms with Crippen molar-refractivity contribution >= 4 is 39.1 Å². The van der Waals surface area contributed by atoms with E-state index in [9.17, 15) is 9.18 Å². The smallest absolute Gasteiger partial charge is 0.259 e. The summed E-state index contributed by atoms with van der Waals surface area (Å²) in [4.78, 5) is 12.2. The molecule has 2 aromatic rings. The lowest BCUT2D eigenvalue weighted by Crippen LogP contribution is -2.14. The highest BCUT2D eigenvalue weighted by molar-refractivity contribution is 9.10. The zero-order valence-electron chi connectivity index (χ0n) is 11.2. The highest BCUT2D eigenvalue weighted by Gasteiger charge is 2.15. The Morgan fingerprint density at radius 3 is 2.71 bits per heavy atom. The van der Waals surface area contributed by atoms with Crippen molar-refractivity contribution in [3.63, 3.8) is 0 Å². The number of carbonyl (C=O) groups is 1. The van der Waals surface area contributed by atoms with Gasteiger partial charge in [0.25, 0.3) is 5.91 Å². The predicted octanol–water partition coefficient (Wildman–Crippen LogP) is 5.01. The highest BCUT2D eigenvalue weighted by atomic mass is 79.9. The number of alkyl halides is 1. The topological polar surface area (TPSA) is 29.1 Å². The Bertz CT molecular complexity index is 628. The summed E-state index contributed by atoms with van der Waals surface area (Å²) in [5.74, 6) is -0.437. The predicted molar refractivity (Wildman–Crippen MR) is 87.5 cm³/mol. The number of amides is 1. The van der Waals surface area contributed by atoms with E-state index in [4.69, 9.17) is 11.6 Å². The van der Waals surface area contributed by atoms with Gasteiger partial charge >= 0.3 is 0 Å². The summed E-state index contributed by atoms with van der Waals surface area (Å²) in [7, 11) is 0. The van der Waals surface area contributed by atoms with Gasteiger partial charge in [-0.05, 0) is 58.6 Å². The quantitative estimate of drug-likeness (QED) is 0.736. The molecule has 0 atom stereocenters. The molecule has 5 heteroatoms. The van der Waals surface area contributed by atoms with E-state index >= 15 is 0 Å². The second-order valence-electron chi connectivity index (χ2n) is 4.54. The number of aryl methyl sites for hydroxylation is 1. The first-order valence-electron chi connectivity index (χ1n) is 6.52. The molecule has 0 heterocycles. The van der Waals surface area contributed by atoms with Gasteiger partial charge in [-0.15, -0.1) is 11.6 Å². The van der Waals surface area contributed by atoms with E-state index in [-0.39, 0.29) is 5.56 Å². The molecule has 0 saturated carbocycles. The van der Waals surface area contributed by atoms with Crippen LogP contribution in [0.25, 0.3) is 0 Å². The van der Waals surface area contributed by atoms with Crippen molar-refractivity contribution in [3.8, 4) is 0 Å². The lowest BCUT2D eigenvalue weighted by molar-refractivity contribution is 0.102. The van der Waals surface area contributed by atoms with Crippen LogP contribution in [0.15, 0.2) is 46.9 Å². The summed E-state index contributed by atoms with van der Waals surface area (Å²) in [6.07, 6.45) is 1.72. The number of hydrogen-bond donors (Lipinski definition) is 1. The summed E-state index contributed by atoms with van der Waals surface area (Å²) < 4.78 is 14.2. The number of benzene rings is 2. The molecule has 1 amide bonds. The van der Waals surface area contributed by atoms with Gasteiger partial charge in [0.2, 0.25) is 0 Å². The SMILES string of the molecule is O=C(Nc1cccc(CCCCl)c1)c1c(F)cccc1Br. The number of rotatable bonds is 5. The van der Waals surface area contributed by atoms with Crippen LogP contribution in [0.4, 0.5) is 10.1 Å². The molecular formula is C16H14BrClFNO. The minimum absolute atomic E-state index is 0.00339. The van der Waals surface area contributed by atoms with Crippen LogP contribution in [0, 0.1) is 5.82 Å². The molecule has 1 N–H and O–H groups in total. The van der Waals surface area contributed by atoms with Crippen LogP contribution in [-0.4, -0.2) is 11.8 Å². The van der Waals surface area contributed by atoms with E-state index in [1.165, 1.54) is 6.07 Å². The van der Waals surface area contributed by atoms with E-state index in [2.05, 4.69) is 21.2 Å². The van der Waals surface area contributed by atoms with Gasteiger partial charge < -0.3 is 5.32 Å². The van der Waals surface area contributed by atoms with E-state index in [0.717, 1.165) is 18.4 Å². The maximum absolute atomic E-state index is 13.7. The van der Waals surface area contributed by atoms with E-state index in [1.54, 1.807) is 18.2 Å². The molecule has 2 rings (SSSR count). The molecule has 0 aliphatic carbocycles. The number of carbonyl (C=O) groups excluding carboxylic acids is 1. The molecular weight excluding hydrogens is 357 g/mol. The molecule has 21 heavy (non-hydrogen) atoms. The summed E-state index contributed by atoms with van der Waals surface area (Å²) in [6.45, 7) is 0. The van der Waals surface area contributed by atoms with Gasteiger partial charge in [0.1, 0.15) is 5.82 Å². The largest absolute Gasteiger partial charge is 0.322 e. The van der Waals surface area contributed by atoms with Crippen molar-refractivity contribution in [2.75, 3.05) is 11.2 Å². The fourth-order valence-electron chi connectivity index (χ4n) is 1.98. The Hall–Kier alpha value is -1.39. The van der Waals surface area contributed by atoms with Gasteiger partial charge in [0.05, 0.1) is 5.56 Å². The van der Waals surface area contributed by atoms with Gasteiger partial charge in [0, 0.05) is 16.0 Å². The van der Waals surface area contributed by atoms with Crippen molar-refractivity contribution in [1.82, 2.24) is 0 Å². The third kappa shape index (κ3) is 4.29. The number of anilines is 1. The van der Waals surface area contributed by atoms with Gasteiger partial charge in [-0.25, -0.2) is 4.39 Å². The fourth-order valence-corrected chi connectivity index (χ4v) is 2.64. The van der Waals surface area contributed by atoms with Crippen molar-refractivity contribution in [3.05, 3.63) is 63.9 Å². The molecule has 0 fully saturated rings. The molecule has 2 nitrogen and oxygen atoms in total. The number of nitrogens with one attached hydrogen (secondary N) is 1. The fraction of sp³-hybridized carbons (Fsp3) is 0.188. The Balaban J connectivity index is 2.16. The first kappa shape index (κ1) is 16.0. The first-order chi connectivity index (χ1) is 10.1. The maximum atomic E-state index is 13.7. The van der Waals surface area contributed by atoms with Crippen molar-refractivity contribution < 1.29 is 9.18 Å². The molecule has 0 aromatic heterocycles. The Labute approximate surface area is 136 Å². The average molecular weight is 371 g/mol. The standard InChI is InChI=1S/C16H14BrClFNO/c17-13-7-2-8-14(19)15(13)16(21)20-12-6-1-4-11(10-12)5-3-9-18/h1-2,4,6-8,10H,3,5,9H2,(H,20,21). The van der Waals surface area contributed by atoms with Crippen LogP contribution in [-0.2, 0) is 6.42 Å². The van der Waals surface area contributed by atoms with Gasteiger partial charge in [-0.1, -0.05) is 18.2 Å². The van der Waals surface area contributed by atoms with Gasteiger partial charge in [0.15, 0.2) is 0 Å². The molecule has 0 unspecified atom stereocenters. The van der Waals surface area contributed by atoms with Crippen molar-refractivity contribution in [2.24, 2.45) is 0 Å². The normalized spacial score (nSPS) is 10.4. The van der Waals surface area contributed by atoms with Crippen LogP contribution in [0.3, 0.4) is 0 Å². The molecule has 0 spiro atoms. The molecule has 0 aliphatic rings. The molecule has 2 aromatic carbocycles. The first-order valence-corrected chi connectivity index (χ1v) is 7.85. The second kappa shape index (κ2) is 7.57. The lowest BCUT2D eigenvalue weighted by Gasteiger charge is -2.09. The molecule has 0 aliphatic heterocycles. The second-order valence-corrected chi connectivity index (χ2v) is 5.78. The third-order valence-electron chi connectivity index (χ3n) is 2.97. The van der Waals surface area contributed by atoms with E-state index in [1.807, 2.05) is 18.2 Å². The lowest BCUT2D eigenvalue weighted by atomic mass is 10.1. The van der Waals surface area contributed by atoms with Crippen LogP contribution < -0.4 is 5.32 Å². The summed E-state index contributed by atoms with van der Waals surface area (Å²) in [5.41, 5.74) is 1.73. The maximum Gasteiger partial charge on any atom is 0.259 e. The van der Waals surface area contributed by atoms with E-state index < -0.39 is 11.7 Å². The summed E-state index contributed by atoms with van der Waals surface area (Å²) in [6, 6.07) is 11.9. The number of halogens is 3. The van der Waals surface area contributed by atoms with Crippen LogP contribution in [0.2, 0.25) is 0 Å². The van der Waals surface area contributed by atoms with Crippen molar-refractivity contribution in [1.29, 1.82) is 0 Å².